The predicted octanol–water partition coefficient (Wildman–Crippen LogP) is 4.09. The zero-order valence-electron chi connectivity index (χ0n) is 12.9. The molecule has 0 amide bonds. The van der Waals surface area contributed by atoms with Crippen LogP contribution in [0, 0.1) is 13.8 Å². The zero-order chi connectivity index (χ0) is 14.2. The third kappa shape index (κ3) is 2.56. The van der Waals surface area contributed by atoms with Crippen LogP contribution in [0.1, 0.15) is 37.6 Å². The highest BCUT2D eigenvalue weighted by Gasteiger charge is 2.24. The van der Waals surface area contributed by atoms with Crippen molar-refractivity contribution in [2.45, 2.75) is 40.0 Å². The Labute approximate surface area is 116 Å². The second-order valence-electron chi connectivity index (χ2n) is 6.34. The number of hydrogen-bond donors (Lipinski definition) is 0. The third-order valence-electron chi connectivity index (χ3n) is 3.89. The van der Waals surface area contributed by atoms with Gasteiger partial charge in [-0.05, 0) is 30.0 Å². The molecule has 0 atom stereocenters. The van der Waals surface area contributed by atoms with Gasteiger partial charge in [0.1, 0.15) is 7.05 Å². The fourth-order valence-electron chi connectivity index (χ4n) is 2.68. The molecule has 0 aliphatic rings. The van der Waals surface area contributed by atoms with Gasteiger partial charge in [-0.2, -0.15) is 4.57 Å². The molecule has 0 saturated heterocycles. The van der Waals surface area contributed by atoms with E-state index in [1.165, 1.54) is 28.1 Å². The van der Waals surface area contributed by atoms with Crippen LogP contribution in [-0.4, -0.2) is 0 Å². The lowest BCUT2D eigenvalue weighted by atomic mass is 9.85. The first-order valence-electron chi connectivity index (χ1n) is 6.88. The van der Waals surface area contributed by atoms with E-state index in [9.17, 15) is 0 Å². The van der Waals surface area contributed by atoms with Crippen LogP contribution >= 0.6 is 0 Å². The fourth-order valence-corrected chi connectivity index (χ4v) is 2.68. The molecule has 1 heteroatoms. The Kier molecular flexibility index (Phi) is 3.49. The summed E-state index contributed by atoms with van der Waals surface area (Å²) >= 11 is 0. The van der Waals surface area contributed by atoms with Crippen molar-refractivity contribution in [2.24, 2.45) is 7.05 Å². The average molecular weight is 254 g/mol. The van der Waals surface area contributed by atoms with Gasteiger partial charge in [-0.3, -0.25) is 0 Å². The molecule has 0 radical (unpaired) electrons. The van der Waals surface area contributed by atoms with Crippen LogP contribution in [0.2, 0.25) is 0 Å². The lowest BCUT2D eigenvalue weighted by Crippen LogP contribution is -2.37. The lowest BCUT2D eigenvalue weighted by molar-refractivity contribution is -0.667. The van der Waals surface area contributed by atoms with Crippen LogP contribution in [0.5, 0.6) is 0 Å². The van der Waals surface area contributed by atoms with E-state index < -0.39 is 0 Å². The summed E-state index contributed by atoms with van der Waals surface area (Å²) in [5.74, 6) is 0. The van der Waals surface area contributed by atoms with Gasteiger partial charge >= 0.3 is 0 Å². The Morgan fingerprint density at radius 2 is 1.53 bits per heavy atom. The van der Waals surface area contributed by atoms with Gasteiger partial charge in [0, 0.05) is 24.1 Å². The molecule has 0 fully saturated rings. The quantitative estimate of drug-likeness (QED) is 0.675. The minimum atomic E-state index is 0.187. The largest absolute Gasteiger partial charge is 0.212 e. The molecule has 0 spiro atoms. The summed E-state index contributed by atoms with van der Waals surface area (Å²) in [6.07, 6.45) is 0. The number of aromatic nitrogens is 1. The number of benzene rings is 1. The van der Waals surface area contributed by atoms with E-state index >= 15 is 0 Å². The number of nitrogens with zero attached hydrogens (tertiary/aromatic N) is 1. The highest BCUT2D eigenvalue weighted by atomic mass is 14.9. The topological polar surface area (TPSA) is 3.88 Å². The van der Waals surface area contributed by atoms with E-state index in [-0.39, 0.29) is 5.41 Å². The van der Waals surface area contributed by atoms with Crippen LogP contribution in [0.4, 0.5) is 0 Å². The van der Waals surface area contributed by atoms with Gasteiger partial charge in [0.2, 0.25) is 5.69 Å². The first kappa shape index (κ1) is 13.8. The second kappa shape index (κ2) is 4.80. The molecule has 2 aromatic rings. The van der Waals surface area contributed by atoms with Crippen molar-refractivity contribution >= 4 is 0 Å². The van der Waals surface area contributed by atoms with Crippen LogP contribution in [-0.2, 0) is 12.5 Å². The van der Waals surface area contributed by atoms with E-state index in [1.54, 1.807) is 0 Å². The number of aryl methyl sites for hydroxylation is 1. The van der Waals surface area contributed by atoms with Gasteiger partial charge in [0.25, 0.3) is 0 Å². The van der Waals surface area contributed by atoms with Crippen molar-refractivity contribution in [3.63, 3.8) is 0 Å². The van der Waals surface area contributed by atoms with Gasteiger partial charge in [-0.1, -0.05) is 39.0 Å². The molecular formula is C18H24N+. The van der Waals surface area contributed by atoms with E-state index in [0.29, 0.717) is 0 Å². The van der Waals surface area contributed by atoms with E-state index in [2.05, 4.69) is 82.6 Å². The monoisotopic (exact) mass is 254 g/mol. The molecule has 0 saturated carbocycles. The zero-order valence-corrected chi connectivity index (χ0v) is 12.9. The maximum absolute atomic E-state index is 2.31. The molecule has 0 N–H and O–H groups in total. The first-order chi connectivity index (χ1) is 8.82. The molecule has 2 rings (SSSR count). The molecule has 1 aromatic carbocycles. The van der Waals surface area contributed by atoms with Crippen molar-refractivity contribution in [3.8, 4) is 11.3 Å². The molecule has 0 unspecified atom stereocenters. The van der Waals surface area contributed by atoms with Gasteiger partial charge < -0.3 is 0 Å². The van der Waals surface area contributed by atoms with Crippen LogP contribution < -0.4 is 4.57 Å². The Hall–Kier alpha value is -1.63. The Bertz CT molecular complexity index is 604. The van der Waals surface area contributed by atoms with Crippen LogP contribution in [0.15, 0.2) is 36.4 Å². The van der Waals surface area contributed by atoms with Gasteiger partial charge in [0.15, 0.2) is 5.69 Å². The SMILES string of the molecule is Cc1ccccc1-c1ccc(C(C)(C)C)c(C)[n+]1C. The normalized spacial score (nSPS) is 11.7. The van der Waals surface area contributed by atoms with E-state index in [4.69, 9.17) is 0 Å². The number of pyridine rings is 1. The fraction of sp³-hybridized carbons (Fsp3) is 0.389. The van der Waals surface area contributed by atoms with Gasteiger partial charge in [-0.15, -0.1) is 0 Å². The minimum Gasteiger partial charge on any atom is -0.198 e. The van der Waals surface area contributed by atoms with Gasteiger partial charge in [0.05, 0.1) is 0 Å². The Morgan fingerprint density at radius 1 is 0.895 bits per heavy atom. The number of rotatable bonds is 1. The standard InChI is InChI=1S/C18H24N/c1-13-9-7-8-10-15(13)17-12-11-16(18(3,4)5)14(2)19(17)6/h7-12H,1-6H3/q+1. The minimum absolute atomic E-state index is 0.187. The van der Waals surface area contributed by atoms with Crippen molar-refractivity contribution in [1.29, 1.82) is 0 Å². The summed E-state index contributed by atoms with van der Waals surface area (Å²) in [6, 6.07) is 13.1. The first-order valence-corrected chi connectivity index (χ1v) is 6.88. The lowest BCUT2D eigenvalue weighted by Gasteiger charge is -2.20. The molecule has 0 aliphatic carbocycles. The van der Waals surface area contributed by atoms with Crippen molar-refractivity contribution < 1.29 is 4.57 Å². The average Bonchev–Trinajstić information content (AvgIpc) is 2.32. The maximum Gasteiger partial charge on any atom is 0.212 e. The van der Waals surface area contributed by atoms with E-state index in [0.717, 1.165) is 0 Å². The summed E-state index contributed by atoms with van der Waals surface area (Å²) in [7, 11) is 2.16. The summed E-state index contributed by atoms with van der Waals surface area (Å²) in [6.45, 7) is 11.2. The van der Waals surface area contributed by atoms with Crippen molar-refractivity contribution in [2.75, 3.05) is 0 Å². The smallest absolute Gasteiger partial charge is 0.198 e. The van der Waals surface area contributed by atoms with Crippen LogP contribution in [0.3, 0.4) is 0 Å². The Morgan fingerprint density at radius 3 is 2.11 bits per heavy atom. The van der Waals surface area contributed by atoms with Crippen LogP contribution in [0.25, 0.3) is 11.3 Å². The molecule has 100 valence electrons. The highest BCUT2D eigenvalue weighted by molar-refractivity contribution is 5.61. The van der Waals surface area contributed by atoms with Gasteiger partial charge in [-0.25, -0.2) is 0 Å². The molecule has 1 aromatic heterocycles. The molecule has 1 nitrogen and oxygen atoms in total. The predicted molar refractivity (Wildman–Crippen MR) is 81.2 cm³/mol. The highest BCUT2D eigenvalue weighted by Crippen LogP contribution is 2.27. The second-order valence-corrected chi connectivity index (χ2v) is 6.34. The van der Waals surface area contributed by atoms with Crippen molar-refractivity contribution in [3.05, 3.63) is 53.2 Å². The third-order valence-corrected chi connectivity index (χ3v) is 3.89. The Balaban J connectivity index is 2.64. The molecule has 0 bridgehead atoms. The molecule has 1 heterocycles. The summed E-state index contributed by atoms with van der Waals surface area (Å²) in [5, 5.41) is 0. The van der Waals surface area contributed by atoms with E-state index in [1.807, 2.05) is 0 Å². The number of hydrogen-bond acceptors (Lipinski definition) is 0. The maximum atomic E-state index is 2.31. The summed E-state index contributed by atoms with van der Waals surface area (Å²) in [4.78, 5) is 0. The molecule has 0 aliphatic heterocycles. The summed E-state index contributed by atoms with van der Waals surface area (Å²) in [5.41, 5.74) is 6.85. The van der Waals surface area contributed by atoms with Crippen molar-refractivity contribution in [1.82, 2.24) is 0 Å². The molecular weight excluding hydrogens is 230 g/mol. The molecule has 19 heavy (non-hydrogen) atoms. The summed E-state index contributed by atoms with van der Waals surface area (Å²) < 4.78 is 2.31.